The van der Waals surface area contributed by atoms with Gasteiger partial charge in [-0.05, 0) is 24.3 Å². The molecule has 0 bridgehead atoms. The van der Waals surface area contributed by atoms with Gasteiger partial charge in [0, 0.05) is 40.3 Å². The predicted molar refractivity (Wildman–Crippen MR) is 93.8 cm³/mol. The maximum atomic E-state index is 12.6. The molecule has 0 spiro atoms. The first kappa shape index (κ1) is 21.2. The van der Waals surface area contributed by atoms with E-state index < -0.39 is 21.8 Å². The van der Waals surface area contributed by atoms with Gasteiger partial charge in [-0.3, -0.25) is 9.79 Å². The predicted octanol–water partition coefficient (Wildman–Crippen LogP) is 1.13. The number of carbonyl (C=O) groups is 1. The van der Waals surface area contributed by atoms with Gasteiger partial charge in [-0.25, -0.2) is 8.42 Å². The van der Waals surface area contributed by atoms with Gasteiger partial charge in [-0.1, -0.05) is 0 Å². The van der Waals surface area contributed by atoms with E-state index in [9.17, 15) is 26.4 Å². The number of aliphatic imine (C=N–C) groups is 1. The number of hydrogen-bond acceptors (Lipinski definition) is 4. The van der Waals surface area contributed by atoms with Gasteiger partial charge < -0.3 is 9.80 Å². The second-order valence-corrected chi connectivity index (χ2v) is 8.03. The zero-order chi connectivity index (χ0) is 20.2. The fourth-order valence-corrected chi connectivity index (χ4v) is 4.12. The van der Waals surface area contributed by atoms with E-state index in [-0.39, 0.29) is 43.5 Å². The smallest absolute Gasteiger partial charge is 0.357 e. The molecule has 0 aromatic heterocycles. The molecule has 0 N–H and O–H groups in total. The lowest BCUT2D eigenvalue weighted by Crippen LogP contribution is -2.52. The van der Waals surface area contributed by atoms with E-state index in [1.807, 2.05) is 0 Å². The zero-order valence-electron chi connectivity index (χ0n) is 15.0. The first-order valence-corrected chi connectivity index (χ1v) is 9.57. The van der Waals surface area contributed by atoms with Crippen LogP contribution in [0.4, 0.5) is 13.2 Å². The van der Waals surface area contributed by atoms with Gasteiger partial charge >= 0.3 is 6.18 Å². The van der Waals surface area contributed by atoms with E-state index in [0.29, 0.717) is 0 Å². The molecule has 7 nitrogen and oxygen atoms in total. The third-order valence-electron chi connectivity index (χ3n) is 4.11. The molecule has 27 heavy (non-hydrogen) atoms. The van der Waals surface area contributed by atoms with Gasteiger partial charge in [-0.2, -0.15) is 17.5 Å². The van der Waals surface area contributed by atoms with Crippen LogP contribution in [0.1, 0.15) is 5.56 Å². The summed E-state index contributed by atoms with van der Waals surface area (Å²) in [6.45, 7) is 0.732. The van der Waals surface area contributed by atoms with Gasteiger partial charge in [0.2, 0.25) is 15.9 Å². The number of nitrogens with zero attached hydrogens (tertiary/aromatic N) is 4. The zero-order valence-corrected chi connectivity index (χ0v) is 15.8. The minimum absolute atomic E-state index is 0.0840. The molecule has 11 heteroatoms. The molecule has 1 fully saturated rings. The van der Waals surface area contributed by atoms with E-state index in [2.05, 4.69) is 4.99 Å². The van der Waals surface area contributed by atoms with Crippen molar-refractivity contribution < 1.29 is 26.4 Å². The number of amides is 1. The van der Waals surface area contributed by atoms with Crippen molar-refractivity contribution in [1.29, 1.82) is 0 Å². The van der Waals surface area contributed by atoms with Crippen molar-refractivity contribution in [2.24, 2.45) is 4.99 Å². The monoisotopic (exact) mass is 406 g/mol. The Bertz CT molecular complexity index is 786. The number of likely N-dealkylation sites (N-methyl/N-ethyl adjacent to an activating group) is 1. The van der Waals surface area contributed by atoms with E-state index in [1.165, 1.54) is 10.6 Å². The normalized spacial score (nSPS) is 16.7. The molecule has 1 saturated heterocycles. The van der Waals surface area contributed by atoms with Gasteiger partial charge in [0.05, 0.1) is 23.3 Å². The minimum atomic E-state index is -4.52. The number of sulfonamides is 1. The third kappa shape index (κ3) is 5.19. The molecule has 0 radical (unpaired) electrons. The van der Waals surface area contributed by atoms with Gasteiger partial charge in [-0.15, -0.1) is 0 Å². The Labute approximate surface area is 156 Å². The number of alkyl halides is 3. The van der Waals surface area contributed by atoms with E-state index >= 15 is 0 Å². The Kier molecular flexibility index (Phi) is 6.47. The maximum Gasteiger partial charge on any atom is 0.416 e. The SMILES string of the molecule is CN=CN(C)CC(=O)N1CCN(S(=O)(=O)c2ccc(C(F)(F)F)cc2)CC1. The van der Waals surface area contributed by atoms with E-state index in [0.717, 1.165) is 24.3 Å². The van der Waals surface area contributed by atoms with Crippen molar-refractivity contribution in [3.8, 4) is 0 Å². The van der Waals surface area contributed by atoms with Crippen molar-refractivity contribution in [2.75, 3.05) is 46.8 Å². The topological polar surface area (TPSA) is 73.3 Å². The molecule has 0 saturated carbocycles. The average molecular weight is 406 g/mol. The first-order valence-electron chi connectivity index (χ1n) is 8.13. The lowest BCUT2D eigenvalue weighted by atomic mass is 10.2. The second kappa shape index (κ2) is 8.26. The van der Waals surface area contributed by atoms with Crippen LogP contribution in [0.3, 0.4) is 0 Å². The standard InChI is InChI=1S/C16H21F3N4O3S/c1-20-12-21(2)11-15(24)22-7-9-23(10-8-22)27(25,26)14-5-3-13(4-6-14)16(17,18)19/h3-6,12H,7-11H2,1-2H3. The van der Waals surface area contributed by atoms with Crippen LogP contribution < -0.4 is 0 Å². The number of carbonyl (C=O) groups excluding carboxylic acids is 1. The molecule has 1 aliphatic heterocycles. The Hall–Kier alpha value is -2.14. The van der Waals surface area contributed by atoms with Crippen LogP contribution in [0.2, 0.25) is 0 Å². The highest BCUT2D eigenvalue weighted by molar-refractivity contribution is 7.89. The molecule has 1 aliphatic rings. The highest BCUT2D eigenvalue weighted by Gasteiger charge is 2.33. The number of piperazine rings is 1. The average Bonchev–Trinajstić information content (AvgIpc) is 2.61. The lowest BCUT2D eigenvalue weighted by molar-refractivity contribution is -0.137. The summed E-state index contributed by atoms with van der Waals surface area (Å²) in [6, 6.07) is 3.40. The van der Waals surface area contributed by atoms with Crippen LogP contribution in [-0.4, -0.2) is 81.6 Å². The number of halogens is 3. The van der Waals surface area contributed by atoms with Crippen molar-refractivity contribution in [3.63, 3.8) is 0 Å². The fourth-order valence-electron chi connectivity index (χ4n) is 2.69. The number of benzene rings is 1. The summed E-state index contributed by atoms with van der Waals surface area (Å²) in [5.74, 6) is -0.149. The fraction of sp³-hybridized carbons (Fsp3) is 0.500. The van der Waals surface area contributed by atoms with Crippen molar-refractivity contribution in [3.05, 3.63) is 29.8 Å². The molecule has 0 atom stereocenters. The minimum Gasteiger partial charge on any atom is -0.357 e. The Morgan fingerprint density at radius 3 is 2.22 bits per heavy atom. The largest absolute Gasteiger partial charge is 0.416 e. The summed E-state index contributed by atoms with van der Waals surface area (Å²) in [5.41, 5.74) is -0.906. The molecule has 1 amide bonds. The summed E-state index contributed by atoms with van der Waals surface area (Å²) in [7, 11) is -0.615. The van der Waals surface area contributed by atoms with Crippen molar-refractivity contribution >= 4 is 22.3 Å². The van der Waals surface area contributed by atoms with Crippen LogP contribution in [0.5, 0.6) is 0 Å². The van der Waals surface area contributed by atoms with Gasteiger partial charge in [0.25, 0.3) is 0 Å². The summed E-state index contributed by atoms with van der Waals surface area (Å²) in [4.78, 5) is 19.0. The Balaban J connectivity index is 2.01. The summed E-state index contributed by atoms with van der Waals surface area (Å²) in [6.07, 6.45) is -3.01. The molecule has 0 aliphatic carbocycles. The Morgan fingerprint density at radius 1 is 1.19 bits per heavy atom. The van der Waals surface area contributed by atoms with Crippen LogP contribution >= 0.6 is 0 Å². The van der Waals surface area contributed by atoms with Gasteiger partial charge in [0.1, 0.15) is 0 Å². The highest BCUT2D eigenvalue weighted by atomic mass is 32.2. The van der Waals surface area contributed by atoms with Crippen LogP contribution in [-0.2, 0) is 21.0 Å². The second-order valence-electron chi connectivity index (χ2n) is 6.10. The molecule has 150 valence electrons. The lowest BCUT2D eigenvalue weighted by Gasteiger charge is -2.34. The molecule has 1 aromatic rings. The van der Waals surface area contributed by atoms with Gasteiger partial charge in [0.15, 0.2) is 0 Å². The Morgan fingerprint density at radius 2 is 1.74 bits per heavy atom. The maximum absolute atomic E-state index is 12.6. The van der Waals surface area contributed by atoms with Crippen LogP contribution in [0, 0.1) is 0 Å². The third-order valence-corrected chi connectivity index (χ3v) is 6.02. The summed E-state index contributed by atoms with van der Waals surface area (Å²) < 4.78 is 64.2. The first-order chi connectivity index (χ1) is 12.6. The number of rotatable bonds is 5. The summed E-state index contributed by atoms with van der Waals surface area (Å²) >= 11 is 0. The van der Waals surface area contributed by atoms with E-state index in [4.69, 9.17) is 0 Å². The molecule has 1 heterocycles. The molecule has 0 unspecified atom stereocenters. The quantitative estimate of drug-likeness (QED) is 0.543. The van der Waals surface area contributed by atoms with Crippen LogP contribution in [0.15, 0.2) is 34.2 Å². The van der Waals surface area contributed by atoms with Crippen LogP contribution in [0.25, 0.3) is 0 Å². The summed E-state index contributed by atoms with van der Waals surface area (Å²) in [5, 5.41) is 0. The van der Waals surface area contributed by atoms with Crippen molar-refractivity contribution in [2.45, 2.75) is 11.1 Å². The van der Waals surface area contributed by atoms with E-state index in [1.54, 1.807) is 23.9 Å². The molecular formula is C16H21F3N4O3S. The van der Waals surface area contributed by atoms with Crippen molar-refractivity contribution in [1.82, 2.24) is 14.1 Å². The molecule has 2 rings (SSSR count). The molecule has 1 aromatic carbocycles. The molecular weight excluding hydrogens is 385 g/mol. The highest BCUT2D eigenvalue weighted by Crippen LogP contribution is 2.30. The number of hydrogen-bond donors (Lipinski definition) is 0.